The fraction of sp³-hybridized carbons (Fsp3) is 0.529. The van der Waals surface area contributed by atoms with E-state index in [0.717, 1.165) is 44.3 Å². The Morgan fingerprint density at radius 1 is 1.09 bits per heavy atom. The number of carbonyl (C=O) groups is 2. The van der Waals surface area contributed by atoms with Crippen molar-refractivity contribution in [3.05, 3.63) is 29.8 Å². The van der Waals surface area contributed by atoms with E-state index in [0.29, 0.717) is 11.6 Å². The summed E-state index contributed by atoms with van der Waals surface area (Å²) < 4.78 is 0. The van der Waals surface area contributed by atoms with Gasteiger partial charge in [0.2, 0.25) is 5.91 Å². The number of likely N-dealkylation sites (N-methyl/N-ethyl adjacent to an activating group) is 1. The van der Waals surface area contributed by atoms with Crippen molar-refractivity contribution in [3.8, 4) is 0 Å². The molecule has 1 aliphatic heterocycles. The number of carbonyl (C=O) groups excluding carboxylic acids is 2. The molecule has 1 saturated heterocycles. The van der Waals surface area contributed by atoms with Crippen molar-refractivity contribution in [1.82, 2.24) is 10.2 Å². The molecule has 0 aromatic heterocycles. The minimum atomic E-state index is -0.0495. The van der Waals surface area contributed by atoms with Gasteiger partial charge in [-0.05, 0) is 63.5 Å². The van der Waals surface area contributed by atoms with Crippen LogP contribution in [-0.2, 0) is 4.79 Å². The maximum Gasteiger partial charge on any atom is 0.251 e. The topological polar surface area (TPSA) is 61.4 Å². The molecule has 118 valence electrons. The maximum atomic E-state index is 12.3. The van der Waals surface area contributed by atoms with Gasteiger partial charge < -0.3 is 10.6 Å². The van der Waals surface area contributed by atoms with Crippen molar-refractivity contribution < 1.29 is 9.59 Å². The number of anilines is 1. The minimum Gasteiger partial charge on any atom is -0.349 e. The first-order chi connectivity index (χ1) is 10.6. The number of piperidine rings is 1. The largest absolute Gasteiger partial charge is 0.349 e. The third-order valence-corrected chi connectivity index (χ3v) is 4.40. The fourth-order valence-corrected chi connectivity index (χ4v) is 2.83. The summed E-state index contributed by atoms with van der Waals surface area (Å²) in [4.78, 5) is 26.3. The Kier molecular flexibility index (Phi) is 4.43. The van der Waals surface area contributed by atoms with Gasteiger partial charge in [0, 0.05) is 17.3 Å². The van der Waals surface area contributed by atoms with E-state index >= 15 is 0 Å². The number of hydrogen-bond acceptors (Lipinski definition) is 3. The van der Waals surface area contributed by atoms with Crippen LogP contribution >= 0.6 is 0 Å². The summed E-state index contributed by atoms with van der Waals surface area (Å²) in [6.45, 7) is 0.971. The van der Waals surface area contributed by atoms with Crippen molar-refractivity contribution in [2.45, 2.75) is 44.2 Å². The molecule has 0 radical (unpaired) electrons. The summed E-state index contributed by atoms with van der Waals surface area (Å²) in [7, 11) is 1.99. The van der Waals surface area contributed by atoms with Crippen LogP contribution in [0.3, 0.4) is 0 Å². The molecule has 3 rings (SSSR count). The van der Waals surface area contributed by atoms with Gasteiger partial charge in [-0.2, -0.15) is 0 Å². The molecule has 0 bridgehead atoms. The molecule has 0 unspecified atom stereocenters. The molecular weight excluding hydrogens is 278 g/mol. The first-order valence-electron chi connectivity index (χ1n) is 8.05. The van der Waals surface area contributed by atoms with Crippen molar-refractivity contribution in [1.29, 1.82) is 0 Å². The zero-order chi connectivity index (χ0) is 15.5. The highest BCUT2D eigenvalue weighted by Crippen LogP contribution is 2.20. The average Bonchev–Trinajstić information content (AvgIpc) is 3.32. The predicted octanol–water partition coefficient (Wildman–Crippen LogP) is 2.00. The zero-order valence-electron chi connectivity index (χ0n) is 13.0. The Balaban J connectivity index is 1.57. The summed E-state index contributed by atoms with van der Waals surface area (Å²) in [6, 6.07) is 7.42. The summed E-state index contributed by atoms with van der Waals surface area (Å²) in [6.07, 6.45) is 5.32. The number of hydrogen-bond donors (Lipinski definition) is 2. The molecule has 1 aliphatic carbocycles. The highest BCUT2D eigenvalue weighted by atomic mass is 16.2. The lowest BCUT2D eigenvalue weighted by Crippen LogP contribution is -2.44. The standard InChI is InChI=1S/C17H23N3O2/c1-20-11-3-2-4-15(20)17(22)19-13-7-5-12(6-8-13)16(21)18-14-9-10-14/h5-8,14-15H,2-4,9-11H2,1H3,(H,18,21)(H,19,22)/t15-/m0/s1. The molecule has 22 heavy (non-hydrogen) atoms. The monoisotopic (exact) mass is 301 g/mol. The van der Waals surface area contributed by atoms with Gasteiger partial charge in [0.05, 0.1) is 6.04 Å². The lowest BCUT2D eigenvalue weighted by atomic mass is 10.0. The Morgan fingerprint density at radius 2 is 1.82 bits per heavy atom. The second-order valence-corrected chi connectivity index (χ2v) is 6.31. The Morgan fingerprint density at radius 3 is 2.45 bits per heavy atom. The Bertz CT molecular complexity index is 552. The molecule has 5 nitrogen and oxygen atoms in total. The Hall–Kier alpha value is -1.88. The number of nitrogens with zero attached hydrogens (tertiary/aromatic N) is 1. The molecule has 2 N–H and O–H groups in total. The van der Waals surface area contributed by atoms with E-state index in [2.05, 4.69) is 15.5 Å². The number of rotatable bonds is 4. The van der Waals surface area contributed by atoms with Crippen LogP contribution in [0.4, 0.5) is 5.69 Å². The quantitative estimate of drug-likeness (QED) is 0.894. The van der Waals surface area contributed by atoms with Crippen molar-refractivity contribution in [3.63, 3.8) is 0 Å². The molecular formula is C17H23N3O2. The highest BCUT2D eigenvalue weighted by molar-refractivity contribution is 5.97. The average molecular weight is 301 g/mol. The summed E-state index contributed by atoms with van der Waals surface area (Å²) in [5, 5.41) is 5.90. The predicted molar refractivity (Wildman–Crippen MR) is 85.8 cm³/mol. The second kappa shape index (κ2) is 6.48. The van der Waals surface area contributed by atoms with Crippen molar-refractivity contribution in [2.75, 3.05) is 18.9 Å². The SMILES string of the molecule is CN1CCCC[C@H]1C(=O)Nc1ccc(C(=O)NC2CC2)cc1. The number of likely N-dealkylation sites (tertiary alicyclic amines) is 1. The molecule has 2 amide bonds. The molecule has 1 saturated carbocycles. The third-order valence-electron chi connectivity index (χ3n) is 4.40. The van der Waals surface area contributed by atoms with Gasteiger partial charge in [-0.25, -0.2) is 0 Å². The normalized spacial score (nSPS) is 22.1. The summed E-state index contributed by atoms with van der Waals surface area (Å²) in [5.74, 6) is 0.00442. The molecule has 2 fully saturated rings. The van der Waals surface area contributed by atoms with Crippen LogP contribution in [0.2, 0.25) is 0 Å². The van der Waals surface area contributed by atoms with E-state index in [4.69, 9.17) is 0 Å². The van der Waals surface area contributed by atoms with E-state index in [9.17, 15) is 9.59 Å². The molecule has 2 aliphatic rings. The second-order valence-electron chi connectivity index (χ2n) is 6.31. The molecule has 1 aromatic rings. The molecule has 1 aromatic carbocycles. The van der Waals surface area contributed by atoms with E-state index in [-0.39, 0.29) is 17.9 Å². The highest BCUT2D eigenvalue weighted by Gasteiger charge is 2.26. The van der Waals surface area contributed by atoms with E-state index in [1.54, 1.807) is 24.3 Å². The third kappa shape index (κ3) is 3.65. The van der Waals surface area contributed by atoms with Crippen LogP contribution < -0.4 is 10.6 Å². The van der Waals surface area contributed by atoms with Crippen molar-refractivity contribution >= 4 is 17.5 Å². The first-order valence-corrected chi connectivity index (χ1v) is 8.05. The van der Waals surface area contributed by atoms with Gasteiger partial charge >= 0.3 is 0 Å². The van der Waals surface area contributed by atoms with Gasteiger partial charge in [-0.3, -0.25) is 14.5 Å². The van der Waals surface area contributed by atoms with Gasteiger partial charge in [-0.1, -0.05) is 6.42 Å². The molecule has 1 heterocycles. The van der Waals surface area contributed by atoms with E-state index in [1.807, 2.05) is 7.05 Å². The van der Waals surface area contributed by atoms with E-state index < -0.39 is 0 Å². The van der Waals surface area contributed by atoms with E-state index in [1.165, 1.54) is 0 Å². The van der Waals surface area contributed by atoms with Crippen LogP contribution in [-0.4, -0.2) is 42.4 Å². The van der Waals surface area contributed by atoms with Gasteiger partial charge in [-0.15, -0.1) is 0 Å². The summed E-state index contributed by atoms with van der Waals surface area (Å²) >= 11 is 0. The molecule has 0 spiro atoms. The summed E-state index contributed by atoms with van der Waals surface area (Å²) in [5.41, 5.74) is 1.38. The minimum absolute atomic E-state index is 0.0348. The maximum absolute atomic E-state index is 12.3. The van der Waals surface area contributed by atoms with Gasteiger partial charge in [0.15, 0.2) is 0 Å². The van der Waals surface area contributed by atoms with Crippen LogP contribution in [0.25, 0.3) is 0 Å². The van der Waals surface area contributed by atoms with Gasteiger partial charge in [0.25, 0.3) is 5.91 Å². The van der Waals surface area contributed by atoms with Crippen molar-refractivity contribution in [2.24, 2.45) is 0 Å². The number of benzene rings is 1. The lowest BCUT2D eigenvalue weighted by molar-refractivity contribution is -0.121. The van der Waals surface area contributed by atoms with Crippen LogP contribution in [0.5, 0.6) is 0 Å². The molecule has 5 heteroatoms. The molecule has 1 atom stereocenters. The fourth-order valence-electron chi connectivity index (χ4n) is 2.83. The van der Waals surface area contributed by atoms with Crippen LogP contribution in [0.15, 0.2) is 24.3 Å². The smallest absolute Gasteiger partial charge is 0.251 e. The number of nitrogens with one attached hydrogen (secondary N) is 2. The Labute approximate surface area is 131 Å². The zero-order valence-corrected chi connectivity index (χ0v) is 13.0. The number of amides is 2. The first kappa shape index (κ1) is 15.0. The van der Waals surface area contributed by atoms with Gasteiger partial charge in [0.1, 0.15) is 0 Å². The van der Waals surface area contributed by atoms with Crippen LogP contribution in [0, 0.1) is 0 Å². The lowest BCUT2D eigenvalue weighted by Gasteiger charge is -2.31. The van der Waals surface area contributed by atoms with Crippen LogP contribution in [0.1, 0.15) is 42.5 Å².